The quantitative estimate of drug-likeness (QED) is 0.871. The van der Waals surface area contributed by atoms with E-state index >= 15 is 0 Å². The highest BCUT2D eigenvalue weighted by molar-refractivity contribution is 5.55. The Morgan fingerprint density at radius 1 is 1.35 bits per heavy atom. The zero-order valence-electron chi connectivity index (χ0n) is 12.2. The maximum absolute atomic E-state index is 13.5. The second-order valence-electron chi connectivity index (χ2n) is 4.97. The topological polar surface area (TPSA) is 28.4 Å². The fourth-order valence-corrected chi connectivity index (χ4v) is 2.38. The lowest BCUT2D eigenvalue weighted by molar-refractivity contribution is 0.563. The molecule has 4 heteroatoms. The molecule has 0 aliphatic heterocycles. The van der Waals surface area contributed by atoms with Crippen molar-refractivity contribution in [2.45, 2.75) is 26.4 Å². The van der Waals surface area contributed by atoms with Crippen LogP contribution in [0.15, 0.2) is 41.2 Å². The molecule has 0 aliphatic rings. The lowest BCUT2D eigenvalue weighted by Crippen LogP contribution is -2.23. The van der Waals surface area contributed by atoms with E-state index in [4.69, 9.17) is 4.42 Å². The van der Waals surface area contributed by atoms with Crippen molar-refractivity contribution >= 4 is 5.69 Å². The van der Waals surface area contributed by atoms with Crippen molar-refractivity contribution in [1.82, 2.24) is 5.32 Å². The molecule has 0 aliphatic carbocycles. The second-order valence-corrected chi connectivity index (χ2v) is 4.97. The number of hydrogen-bond donors (Lipinski definition) is 1. The highest BCUT2D eigenvalue weighted by atomic mass is 19.1. The largest absolute Gasteiger partial charge is 0.472 e. The van der Waals surface area contributed by atoms with E-state index in [1.807, 2.05) is 33.0 Å². The van der Waals surface area contributed by atoms with E-state index in [9.17, 15) is 4.39 Å². The molecule has 108 valence electrons. The minimum absolute atomic E-state index is 0.109. The predicted octanol–water partition coefficient (Wildman–Crippen LogP) is 3.73. The normalized spacial score (nSPS) is 12.4. The first-order valence-corrected chi connectivity index (χ1v) is 6.87. The predicted molar refractivity (Wildman–Crippen MR) is 79.3 cm³/mol. The summed E-state index contributed by atoms with van der Waals surface area (Å²) in [7, 11) is 2.00. The van der Waals surface area contributed by atoms with Gasteiger partial charge in [0, 0.05) is 30.9 Å². The van der Waals surface area contributed by atoms with Gasteiger partial charge in [-0.1, -0.05) is 6.92 Å². The summed E-state index contributed by atoms with van der Waals surface area (Å²) < 4.78 is 18.6. The first-order valence-electron chi connectivity index (χ1n) is 6.87. The van der Waals surface area contributed by atoms with Crippen LogP contribution in [0.2, 0.25) is 0 Å². The molecule has 1 heterocycles. The molecular formula is C16H21FN2O. The van der Waals surface area contributed by atoms with Gasteiger partial charge in [0.25, 0.3) is 0 Å². The van der Waals surface area contributed by atoms with Crippen LogP contribution < -0.4 is 10.2 Å². The van der Waals surface area contributed by atoms with Crippen LogP contribution in [0.3, 0.4) is 0 Å². The fraction of sp³-hybridized carbons (Fsp3) is 0.375. The summed E-state index contributed by atoms with van der Waals surface area (Å²) in [4.78, 5) is 2.10. The molecule has 3 nitrogen and oxygen atoms in total. The molecule has 1 N–H and O–H groups in total. The number of furan rings is 1. The van der Waals surface area contributed by atoms with Crippen LogP contribution in [0.5, 0.6) is 0 Å². The Labute approximate surface area is 119 Å². The summed E-state index contributed by atoms with van der Waals surface area (Å²) in [5.74, 6) is -0.204. The first kappa shape index (κ1) is 14.6. The van der Waals surface area contributed by atoms with Crippen LogP contribution >= 0.6 is 0 Å². The number of benzene rings is 1. The third kappa shape index (κ3) is 3.39. The third-order valence-corrected chi connectivity index (χ3v) is 3.38. The molecule has 1 unspecified atom stereocenters. The first-order chi connectivity index (χ1) is 9.61. The van der Waals surface area contributed by atoms with E-state index in [1.54, 1.807) is 18.6 Å². The Kier molecular flexibility index (Phi) is 4.79. The number of rotatable bonds is 6. The average Bonchev–Trinajstić information content (AvgIpc) is 2.91. The van der Waals surface area contributed by atoms with E-state index in [1.165, 1.54) is 6.07 Å². The molecule has 0 amide bonds. The second kappa shape index (κ2) is 6.57. The van der Waals surface area contributed by atoms with Gasteiger partial charge in [0.15, 0.2) is 0 Å². The minimum Gasteiger partial charge on any atom is -0.472 e. The van der Waals surface area contributed by atoms with Crippen molar-refractivity contribution in [3.63, 3.8) is 0 Å². The van der Waals surface area contributed by atoms with Crippen molar-refractivity contribution in [1.29, 1.82) is 0 Å². The summed E-state index contributed by atoms with van der Waals surface area (Å²) in [5, 5.41) is 3.33. The van der Waals surface area contributed by atoms with Gasteiger partial charge in [0.2, 0.25) is 0 Å². The van der Waals surface area contributed by atoms with Crippen molar-refractivity contribution in [3.8, 4) is 0 Å². The number of nitrogens with one attached hydrogen (secondary N) is 1. The molecule has 0 fully saturated rings. The molecule has 20 heavy (non-hydrogen) atoms. The van der Waals surface area contributed by atoms with Gasteiger partial charge in [0.05, 0.1) is 12.5 Å². The van der Waals surface area contributed by atoms with Gasteiger partial charge in [0.1, 0.15) is 5.82 Å². The Hall–Kier alpha value is -1.81. The van der Waals surface area contributed by atoms with Crippen LogP contribution in [0, 0.1) is 5.82 Å². The van der Waals surface area contributed by atoms with Gasteiger partial charge < -0.3 is 14.6 Å². The van der Waals surface area contributed by atoms with Gasteiger partial charge in [-0.05, 0) is 43.3 Å². The lowest BCUT2D eigenvalue weighted by Gasteiger charge is -2.25. The van der Waals surface area contributed by atoms with Gasteiger partial charge in [-0.2, -0.15) is 0 Å². The van der Waals surface area contributed by atoms with Crippen LogP contribution in [-0.2, 0) is 6.54 Å². The maximum atomic E-state index is 13.5. The van der Waals surface area contributed by atoms with Gasteiger partial charge in [-0.3, -0.25) is 0 Å². The highest BCUT2D eigenvalue weighted by Crippen LogP contribution is 2.27. The van der Waals surface area contributed by atoms with Crippen molar-refractivity contribution in [2.75, 3.05) is 18.5 Å². The summed E-state index contributed by atoms with van der Waals surface area (Å²) in [6.45, 7) is 5.68. The Morgan fingerprint density at radius 3 is 2.80 bits per heavy atom. The smallest absolute Gasteiger partial charge is 0.123 e. The van der Waals surface area contributed by atoms with Crippen LogP contribution in [0.1, 0.15) is 31.0 Å². The monoisotopic (exact) mass is 276 g/mol. The molecule has 0 saturated heterocycles. The molecule has 0 spiro atoms. The zero-order chi connectivity index (χ0) is 14.5. The number of nitrogens with zero attached hydrogens (tertiary/aromatic N) is 1. The standard InChI is InChI=1S/C16H21FN2O/c1-4-18-12(2)15-9-14(17)5-6-16(15)19(3)10-13-7-8-20-11-13/h5-9,11-12,18H,4,10H2,1-3H3. The summed E-state index contributed by atoms with van der Waals surface area (Å²) >= 11 is 0. The summed E-state index contributed by atoms with van der Waals surface area (Å²) in [5.41, 5.74) is 3.10. The van der Waals surface area contributed by atoms with Crippen LogP contribution in [0.25, 0.3) is 0 Å². The Bertz CT molecular complexity index is 539. The van der Waals surface area contributed by atoms with E-state index < -0.39 is 0 Å². The van der Waals surface area contributed by atoms with E-state index in [0.29, 0.717) is 0 Å². The molecule has 2 aromatic rings. The minimum atomic E-state index is -0.204. The summed E-state index contributed by atoms with van der Waals surface area (Å²) in [6, 6.07) is 6.99. The molecule has 0 saturated carbocycles. The van der Waals surface area contributed by atoms with Gasteiger partial charge >= 0.3 is 0 Å². The number of anilines is 1. The molecule has 0 bridgehead atoms. The third-order valence-electron chi connectivity index (χ3n) is 3.38. The maximum Gasteiger partial charge on any atom is 0.123 e. The highest BCUT2D eigenvalue weighted by Gasteiger charge is 2.14. The SMILES string of the molecule is CCNC(C)c1cc(F)ccc1N(C)Cc1ccoc1. The van der Waals surface area contributed by atoms with Gasteiger partial charge in [-0.25, -0.2) is 4.39 Å². The van der Waals surface area contributed by atoms with E-state index in [-0.39, 0.29) is 11.9 Å². The molecular weight excluding hydrogens is 255 g/mol. The number of halogens is 1. The van der Waals surface area contributed by atoms with E-state index in [0.717, 1.165) is 29.9 Å². The number of hydrogen-bond acceptors (Lipinski definition) is 3. The summed E-state index contributed by atoms with van der Waals surface area (Å²) in [6.07, 6.45) is 3.39. The van der Waals surface area contributed by atoms with E-state index in [2.05, 4.69) is 10.2 Å². The molecule has 1 aromatic carbocycles. The lowest BCUT2D eigenvalue weighted by atomic mass is 10.0. The Morgan fingerprint density at radius 2 is 2.15 bits per heavy atom. The van der Waals surface area contributed by atoms with Crippen LogP contribution in [0.4, 0.5) is 10.1 Å². The van der Waals surface area contributed by atoms with Crippen molar-refractivity contribution < 1.29 is 8.81 Å². The van der Waals surface area contributed by atoms with Gasteiger partial charge in [-0.15, -0.1) is 0 Å². The average molecular weight is 276 g/mol. The molecule has 2 rings (SSSR count). The molecule has 1 aromatic heterocycles. The van der Waals surface area contributed by atoms with Crippen molar-refractivity contribution in [3.05, 3.63) is 53.7 Å². The van der Waals surface area contributed by atoms with Crippen molar-refractivity contribution in [2.24, 2.45) is 0 Å². The zero-order valence-corrected chi connectivity index (χ0v) is 12.2. The van der Waals surface area contributed by atoms with Crippen LogP contribution in [-0.4, -0.2) is 13.6 Å². The Balaban J connectivity index is 2.25. The fourth-order valence-electron chi connectivity index (χ4n) is 2.38. The molecule has 0 radical (unpaired) electrons. The molecule has 1 atom stereocenters.